The van der Waals surface area contributed by atoms with Crippen LogP contribution in [0.4, 0.5) is 0 Å². The van der Waals surface area contributed by atoms with E-state index in [1.807, 2.05) is 18.3 Å². The summed E-state index contributed by atoms with van der Waals surface area (Å²) in [5.74, 6) is 0.606. The third-order valence-corrected chi connectivity index (χ3v) is 11.2. The van der Waals surface area contributed by atoms with Crippen molar-refractivity contribution < 1.29 is 10.2 Å². The number of aromatic nitrogens is 2. The van der Waals surface area contributed by atoms with E-state index in [1.165, 1.54) is 31.3 Å². The Morgan fingerprint density at radius 2 is 1.79 bits per heavy atom. The number of H-pyrrole nitrogens is 1. The summed E-state index contributed by atoms with van der Waals surface area (Å²) in [6, 6.07) is 8.08. The molecule has 1 unspecified atom stereocenters. The number of nitrogens with one attached hydrogen (secondary N) is 1. The Bertz CT molecular complexity index is 1590. The zero-order chi connectivity index (χ0) is 28.3. The number of aromatic hydroxyl groups is 1. The molecule has 3 N–H and O–H groups in total. The van der Waals surface area contributed by atoms with Gasteiger partial charge in [0.25, 0.3) is 0 Å². The molecule has 6 nitrogen and oxygen atoms in total. The number of hydrogen-bond donors (Lipinski definition) is 3. The lowest BCUT2D eigenvalue weighted by molar-refractivity contribution is -0.0894. The number of phenolic OH excluding ortho intramolecular Hbond substituents is 1. The van der Waals surface area contributed by atoms with Crippen molar-refractivity contribution in [2.45, 2.75) is 81.9 Å². The highest BCUT2D eigenvalue weighted by molar-refractivity contribution is 6.10. The SMILES string of the molecule is Oc1ccc2[nH]c3c(C4=C[C@@]5(O)CC/C=C\CCCCN6CC[C@@H]4[C@]4(C[C@@H]7/C=C\CCCCN7[C@H]45)C6)nccc3c2c1. The Morgan fingerprint density at radius 1 is 0.929 bits per heavy atom. The molecule has 6 heteroatoms. The molecule has 0 saturated carbocycles. The first kappa shape index (κ1) is 26.7. The summed E-state index contributed by atoms with van der Waals surface area (Å²) in [6.45, 7) is 4.36. The van der Waals surface area contributed by atoms with Gasteiger partial charge in [-0.25, -0.2) is 0 Å². The van der Waals surface area contributed by atoms with E-state index < -0.39 is 5.60 Å². The predicted octanol–water partition coefficient (Wildman–Crippen LogP) is 6.56. The number of nitrogens with zero attached hydrogens (tertiary/aromatic N) is 3. The summed E-state index contributed by atoms with van der Waals surface area (Å²) in [5.41, 5.74) is 3.25. The zero-order valence-corrected chi connectivity index (χ0v) is 24.6. The monoisotopic (exact) mass is 564 g/mol. The Morgan fingerprint density at radius 3 is 2.71 bits per heavy atom. The molecule has 5 aliphatic rings. The Kier molecular flexibility index (Phi) is 6.58. The smallest absolute Gasteiger partial charge is 0.116 e. The van der Waals surface area contributed by atoms with Gasteiger partial charge in [0, 0.05) is 40.5 Å². The fourth-order valence-electron chi connectivity index (χ4n) is 9.62. The molecule has 0 amide bonds. The first-order valence-corrected chi connectivity index (χ1v) is 16.4. The molecule has 6 heterocycles. The van der Waals surface area contributed by atoms with Crippen molar-refractivity contribution in [1.82, 2.24) is 19.8 Å². The average molecular weight is 565 g/mol. The minimum Gasteiger partial charge on any atom is -0.508 e. The van der Waals surface area contributed by atoms with E-state index in [1.54, 1.807) is 6.07 Å². The first-order chi connectivity index (χ1) is 20.6. The molecule has 1 aliphatic carbocycles. The highest BCUT2D eigenvalue weighted by Crippen LogP contribution is 2.61. The van der Waals surface area contributed by atoms with E-state index in [0.29, 0.717) is 12.0 Å². The quantitative estimate of drug-likeness (QED) is 0.292. The van der Waals surface area contributed by atoms with Crippen LogP contribution < -0.4 is 0 Å². The molecule has 8 rings (SSSR count). The highest BCUT2D eigenvalue weighted by atomic mass is 16.3. The van der Waals surface area contributed by atoms with Crippen molar-refractivity contribution >= 4 is 27.4 Å². The number of aliphatic hydroxyl groups is 1. The molecule has 2 saturated heterocycles. The molecule has 6 atom stereocenters. The van der Waals surface area contributed by atoms with E-state index in [0.717, 1.165) is 92.2 Å². The van der Waals surface area contributed by atoms with Gasteiger partial charge in [-0.05, 0) is 126 Å². The van der Waals surface area contributed by atoms with Gasteiger partial charge in [-0.3, -0.25) is 9.88 Å². The van der Waals surface area contributed by atoms with E-state index in [-0.39, 0.29) is 17.2 Å². The number of fused-ring (bicyclic) bond motifs is 5. The minimum absolute atomic E-state index is 0.0394. The summed E-state index contributed by atoms with van der Waals surface area (Å²) in [7, 11) is 0. The van der Waals surface area contributed by atoms with Crippen LogP contribution in [0, 0.1) is 11.3 Å². The number of rotatable bonds is 1. The summed E-state index contributed by atoms with van der Waals surface area (Å²) in [4.78, 5) is 14.2. The maximum atomic E-state index is 13.1. The van der Waals surface area contributed by atoms with Gasteiger partial charge < -0.3 is 20.1 Å². The number of hydrogen-bond acceptors (Lipinski definition) is 5. The van der Waals surface area contributed by atoms with Crippen molar-refractivity contribution in [2.24, 2.45) is 11.3 Å². The van der Waals surface area contributed by atoms with Crippen LogP contribution in [0.3, 0.4) is 0 Å². The van der Waals surface area contributed by atoms with E-state index in [4.69, 9.17) is 4.98 Å². The van der Waals surface area contributed by atoms with Crippen LogP contribution in [0.25, 0.3) is 27.4 Å². The first-order valence-electron chi connectivity index (χ1n) is 16.4. The van der Waals surface area contributed by atoms with Crippen molar-refractivity contribution in [3.05, 3.63) is 66.5 Å². The van der Waals surface area contributed by atoms with Gasteiger partial charge in [-0.2, -0.15) is 0 Å². The molecule has 3 aromatic rings. The molecular weight excluding hydrogens is 520 g/mol. The molecule has 0 radical (unpaired) electrons. The lowest BCUT2D eigenvalue weighted by Gasteiger charge is -2.58. The zero-order valence-electron chi connectivity index (χ0n) is 24.6. The summed E-state index contributed by atoms with van der Waals surface area (Å²) in [6.07, 6.45) is 24.7. The van der Waals surface area contributed by atoms with Gasteiger partial charge >= 0.3 is 0 Å². The third kappa shape index (κ3) is 4.21. The normalized spacial score (nSPS) is 37.0. The van der Waals surface area contributed by atoms with Crippen LogP contribution in [0.2, 0.25) is 0 Å². The van der Waals surface area contributed by atoms with Crippen LogP contribution in [-0.2, 0) is 0 Å². The van der Waals surface area contributed by atoms with E-state index in [9.17, 15) is 10.2 Å². The maximum Gasteiger partial charge on any atom is 0.116 e. The number of pyridine rings is 1. The number of aromatic amines is 1. The minimum atomic E-state index is -0.941. The summed E-state index contributed by atoms with van der Waals surface area (Å²) in [5, 5.41) is 25.4. The van der Waals surface area contributed by atoms with Gasteiger partial charge in [0.1, 0.15) is 5.75 Å². The van der Waals surface area contributed by atoms with Crippen molar-refractivity contribution in [3.63, 3.8) is 0 Å². The Labute approximate surface area is 248 Å². The van der Waals surface area contributed by atoms with Crippen molar-refractivity contribution in [1.29, 1.82) is 0 Å². The van der Waals surface area contributed by atoms with Crippen LogP contribution in [0.1, 0.15) is 69.9 Å². The molecular formula is C36H44N4O2. The predicted molar refractivity (Wildman–Crippen MR) is 169 cm³/mol. The van der Waals surface area contributed by atoms with Crippen LogP contribution in [0.5, 0.6) is 5.75 Å². The number of piperidine rings is 1. The highest BCUT2D eigenvalue weighted by Gasteiger charge is 2.65. The fourth-order valence-corrected chi connectivity index (χ4v) is 9.62. The van der Waals surface area contributed by atoms with E-state index in [2.05, 4.69) is 51.2 Å². The Hall–Kier alpha value is -2.93. The second-order valence-corrected chi connectivity index (χ2v) is 13.7. The van der Waals surface area contributed by atoms with Crippen LogP contribution in [-0.4, -0.2) is 73.8 Å². The lowest BCUT2D eigenvalue weighted by Crippen LogP contribution is -2.65. The van der Waals surface area contributed by atoms with Gasteiger partial charge in [0.2, 0.25) is 0 Å². The second-order valence-electron chi connectivity index (χ2n) is 13.7. The molecule has 4 aliphatic heterocycles. The summed E-state index contributed by atoms with van der Waals surface area (Å²) < 4.78 is 0. The van der Waals surface area contributed by atoms with Crippen molar-refractivity contribution in [3.8, 4) is 5.75 Å². The molecule has 42 heavy (non-hydrogen) atoms. The molecule has 220 valence electrons. The van der Waals surface area contributed by atoms with Gasteiger partial charge in [-0.15, -0.1) is 0 Å². The third-order valence-electron chi connectivity index (χ3n) is 11.2. The Balaban J connectivity index is 1.35. The topological polar surface area (TPSA) is 75.6 Å². The summed E-state index contributed by atoms with van der Waals surface area (Å²) >= 11 is 0. The van der Waals surface area contributed by atoms with Gasteiger partial charge in [0.05, 0.1) is 22.9 Å². The molecule has 3 bridgehead atoms. The number of allylic oxidation sites excluding steroid dienone is 4. The molecule has 2 aromatic heterocycles. The average Bonchev–Trinajstić information content (AvgIpc) is 3.48. The van der Waals surface area contributed by atoms with Gasteiger partial charge in [-0.1, -0.05) is 24.3 Å². The number of benzene rings is 1. The lowest BCUT2D eigenvalue weighted by atomic mass is 9.54. The maximum absolute atomic E-state index is 13.1. The molecule has 1 aromatic carbocycles. The van der Waals surface area contributed by atoms with E-state index >= 15 is 0 Å². The number of phenols is 1. The molecule has 1 spiro atoms. The standard InChI is InChI=1S/C36H44N4O2/c41-26-12-13-31-28(21-26)27-14-17-37-32(33(27)38-31)29-23-36(42)16-8-4-1-2-5-9-18-39-20-15-30(29)35(24-39)22-25-11-7-3-6-10-19-40(25)34(35)36/h1,4,7,11-14,17,21,23,25,30,34,38,41-42H,2-3,5-6,8-10,15-16,18-20,22,24H2/b4-1-,11-7-/t25-,30-,34+,35-,36-/m0/s1. The largest absolute Gasteiger partial charge is 0.508 e. The second kappa shape index (κ2) is 10.4. The van der Waals surface area contributed by atoms with Crippen LogP contribution in [0.15, 0.2) is 60.8 Å². The van der Waals surface area contributed by atoms with Crippen LogP contribution >= 0.6 is 0 Å². The van der Waals surface area contributed by atoms with Crippen molar-refractivity contribution in [2.75, 3.05) is 26.2 Å². The molecule has 2 fully saturated rings. The fraction of sp³-hybridized carbons (Fsp3) is 0.528. The van der Waals surface area contributed by atoms with Gasteiger partial charge in [0.15, 0.2) is 0 Å².